The lowest BCUT2D eigenvalue weighted by Crippen LogP contribution is -2.37. The largest absolute Gasteiger partial charge is 0.380 e. The summed E-state index contributed by atoms with van der Waals surface area (Å²) in [5, 5.41) is 3.37. The third-order valence-corrected chi connectivity index (χ3v) is 4.97. The molecular weight excluding hydrogens is 276 g/mol. The molecule has 0 saturated carbocycles. The van der Waals surface area contributed by atoms with E-state index in [4.69, 9.17) is 4.74 Å². The standard InChI is InChI=1S/C14H30N2O3S/c1-13(2)6-10-19-11-9-16-20(17,18)12-7-14-5-3-4-8-15-14/h13-16H,3-12H2,1-2H3. The maximum absolute atomic E-state index is 11.8. The molecule has 1 atom stereocenters. The first-order valence-corrected chi connectivity index (χ1v) is 9.43. The smallest absolute Gasteiger partial charge is 0.211 e. The van der Waals surface area contributed by atoms with E-state index in [0.717, 1.165) is 19.4 Å². The minimum Gasteiger partial charge on any atom is -0.380 e. The Morgan fingerprint density at radius 1 is 1.30 bits per heavy atom. The van der Waals surface area contributed by atoms with Crippen LogP contribution in [0.25, 0.3) is 0 Å². The number of rotatable bonds is 10. The molecule has 0 aromatic carbocycles. The fourth-order valence-corrected chi connectivity index (χ4v) is 3.36. The molecule has 0 spiro atoms. The van der Waals surface area contributed by atoms with Crippen molar-refractivity contribution < 1.29 is 13.2 Å². The number of piperidine rings is 1. The number of sulfonamides is 1. The predicted molar refractivity (Wildman–Crippen MR) is 82.3 cm³/mol. The van der Waals surface area contributed by atoms with Crippen LogP contribution in [0, 0.1) is 5.92 Å². The first-order valence-electron chi connectivity index (χ1n) is 7.78. The molecule has 1 heterocycles. The van der Waals surface area contributed by atoms with E-state index in [2.05, 4.69) is 23.9 Å². The van der Waals surface area contributed by atoms with Crippen molar-refractivity contribution in [1.29, 1.82) is 0 Å². The highest BCUT2D eigenvalue weighted by Gasteiger charge is 2.16. The molecule has 6 heteroatoms. The Kier molecular flexibility index (Phi) is 8.68. The molecule has 0 amide bonds. The van der Waals surface area contributed by atoms with Crippen molar-refractivity contribution in [1.82, 2.24) is 10.0 Å². The lowest BCUT2D eigenvalue weighted by molar-refractivity contribution is 0.128. The molecule has 5 nitrogen and oxygen atoms in total. The van der Waals surface area contributed by atoms with Crippen LogP contribution in [-0.4, -0.2) is 46.5 Å². The van der Waals surface area contributed by atoms with Gasteiger partial charge in [-0.2, -0.15) is 0 Å². The third-order valence-electron chi connectivity index (χ3n) is 3.56. The molecule has 0 aromatic heterocycles. The molecule has 1 aliphatic heterocycles. The van der Waals surface area contributed by atoms with Gasteiger partial charge in [-0.1, -0.05) is 20.3 Å². The summed E-state index contributed by atoms with van der Waals surface area (Å²) in [7, 11) is -3.15. The summed E-state index contributed by atoms with van der Waals surface area (Å²) in [4.78, 5) is 0. The summed E-state index contributed by atoms with van der Waals surface area (Å²) >= 11 is 0. The van der Waals surface area contributed by atoms with Crippen LogP contribution in [0.2, 0.25) is 0 Å². The van der Waals surface area contributed by atoms with E-state index >= 15 is 0 Å². The molecule has 0 aromatic rings. The second kappa shape index (κ2) is 9.71. The van der Waals surface area contributed by atoms with Crippen molar-refractivity contribution in [2.45, 2.75) is 52.0 Å². The summed E-state index contributed by atoms with van der Waals surface area (Å²) < 4.78 is 31.6. The second-order valence-electron chi connectivity index (χ2n) is 5.94. The molecule has 1 aliphatic rings. The topological polar surface area (TPSA) is 67.4 Å². The van der Waals surface area contributed by atoms with E-state index in [1.54, 1.807) is 0 Å². The number of nitrogens with one attached hydrogen (secondary N) is 2. The molecule has 1 fully saturated rings. The van der Waals surface area contributed by atoms with E-state index in [1.165, 1.54) is 12.8 Å². The minimum atomic E-state index is -3.15. The molecule has 2 N–H and O–H groups in total. The zero-order valence-corrected chi connectivity index (χ0v) is 13.7. The fraction of sp³-hybridized carbons (Fsp3) is 1.00. The summed E-state index contributed by atoms with van der Waals surface area (Å²) in [6, 6.07) is 0.364. The van der Waals surface area contributed by atoms with Gasteiger partial charge < -0.3 is 10.1 Å². The third kappa shape index (κ3) is 8.89. The summed E-state index contributed by atoms with van der Waals surface area (Å²) in [6.45, 7) is 6.83. The minimum absolute atomic E-state index is 0.205. The Morgan fingerprint density at radius 3 is 2.75 bits per heavy atom. The predicted octanol–water partition coefficient (Wildman–Crippen LogP) is 1.50. The highest BCUT2D eigenvalue weighted by atomic mass is 32.2. The van der Waals surface area contributed by atoms with Crippen molar-refractivity contribution >= 4 is 10.0 Å². The van der Waals surface area contributed by atoms with Crippen LogP contribution in [0.15, 0.2) is 0 Å². The Morgan fingerprint density at radius 2 is 2.10 bits per heavy atom. The van der Waals surface area contributed by atoms with Gasteiger partial charge in [0.2, 0.25) is 10.0 Å². The molecule has 0 radical (unpaired) electrons. The molecule has 20 heavy (non-hydrogen) atoms. The number of hydrogen-bond donors (Lipinski definition) is 2. The van der Waals surface area contributed by atoms with Crippen molar-refractivity contribution in [3.63, 3.8) is 0 Å². The number of ether oxygens (including phenoxy) is 1. The van der Waals surface area contributed by atoms with Crippen LogP contribution in [0.5, 0.6) is 0 Å². The highest BCUT2D eigenvalue weighted by molar-refractivity contribution is 7.89. The molecule has 120 valence electrons. The van der Waals surface area contributed by atoms with Gasteiger partial charge in [0.05, 0.1) is 12.4 Å². The Hall–Kier alpha value is -0.170. The average molecular weight is 306 g/mol. The molecule has 1 unspecified atom stereocenters. The molecular formula is C14H30N2O3S. The van der Waals surface area contributed by atoms with Gasteiger partial charge in [0.25, 0.3) is 0 Å². The van der Waals surface area contributed by atoms with Gasteiger partial charge in [-0.25, -0.2) is 13.1 Å². The van der Waals surface area contributed by atoms with Crippen LogP contribution in [0.1, 0.15) is 46.0 Å². The maximum Gasteiger partial charge on any atom is 0.211 e. The van der Waals surface area contributed by atoms with E-state index < -0.39 is 10.0 Å². The molecule has 1 saturated heterocycles. The van der Waals surface area contributed by atoms with Crippen LogP contribution < -0.4 is 10.0 Å². The normalized spacial score (nSPS) is 20.4. The lowest BCUT2D eigenvalue weighted by atomic mass is 10.0. The SMILES string of the molecule is CC(C)CCOCCNS(=O)(=O)CCC1CCCCN1. The van der Waals surface area contributed by atoms with Crippen LogP contribution >= 0.6 is 0 Å². The molecule has 1 rings (SSSR count). The highest BCUT2D eigenvalue weighted by Crippen LogP contribution is 2.10. The summed E-state index contributed by atoms with van der Waals surface area (Å²) in [5.74, 6) is 0.825. The van der Waals surface area contributed by atoms with Gasteiger partial charge in [0, 0.05) is 19.2 Å². The van der Waals surface area contributed by atoms with Crippen molar-refractivity contribution in [2.75, 3.05) is 32.1 Å². The Labute approximate surface area is 123 Å². The van der Waals surface area contributed by atoms with Gasteiger partial charge in [-0.3, -0.25) is 0 Å². The van der Waals surface area contributed by atoms with Gasteiger partial charge >= 0.3 is 0 Å². The van der Waals surface area contributed by atoms with Gasteiger partial charge in [0.15, 0.2) is 0 Å². The van der Waals surface area contributed by atoms with Gasteiger partial charge in [0.1, 0.15) is 0 Å². The Balaban J connectivity index is 2.05. The zero-order chi connectivity index (χ0) is 14.8. The molecule has 0 bridgehead atoms. The first-order chi connectivity index (χ1) is 9.49. The van der Waals surface area contributed by atoms with Gasteiger partial charge in [-0.15, -0.1) is 0 Å². The zero-order valence-electron chi connectivity index (χ0n) is 12.9. The van der Waals surface area contributed by atoms with Crippen molar-refractivity contribution in [3.05, 3.63) is 0 Å². The van der Waals surface area contributed by atoms with E-state index in [-0.39, 0.29) is 5.75 Å². The fourth-order valence-electron chi connectivity index (χ4n) is 2.23. The monoisotopic (exact) mass is 306 g/mol. The quantitative estimate of drug-likeness (QED) is 0.600. The van der Waals surface area contributed by atoms with Gasteiger partial charge in [-0.05, 0) is 38.1 Å². The van der Waals surface area contributed by atoms with Crippen LogP contribution in [0.4, 0.5) is 0 Å². The second-order valence-corrected chi connectivity index (χ2v) is 7.87. The summed E-state index contributed by atoms with van der Waals surface area (Å²) in [6.07, 6.45) is 5.21. The average Bonchev–Trinajstić information content (AvgIpc) is 2.41. The number of hydrogen-bond acceptors (Lipinski definition) is 4. The van der Waals surface area contributed by atoms with Crippen LogP contribution in [0.3, 0.4) is 0 Å². The summed E-state index contributed by atoms with van der Waals surface area (Å²) in [5.41, 5.74) is 0. The van der Waals surface area contributed by atoms with E-state index in [0.29, 0.717) is 38.1 Å². The molecule has 0 aliphatic carbocycles. The van der Waals surface area contributed by atoms with Crippen molar-refractivity contribution in [3.8, 4) is 0 Å². The lowest BCUT2D eigenvalue weighted by Gasteiger charge is -2.23. The Bertz CT molecular complexity index is 338. The maximum atomic E-state index is 11.8. The first kappa shape index (κ1) is 17.9. The van der Waals surface area contributed by atoms with E-state index in [1.807, 2.05) is 0 Å². The van der Waals surface area contributed by atoms with Crippen molar-refractivity contribution in [2.24, 2.45) is 5.92 Å². The van der Waals surface area contributed by atoms with E-state index in [9.17, 15) is 8.42 Å². The van der Waals surface area contributed by atoms with Crippen LogP contribution in [-0.2, 0) is 14.8 Å².